The van der Waals surface area contributed by atoms with Crippen molar-refractivity contribution in [3.8, 4) is 6.07 Å². The van der Waals surface area contributed by atoms with Crippen LogP contribution in [0.1, 0.15) is 11.1 Å². The average molecular weight is 161 g/mol. The highest BCUT2D eigenvalue weighted by molar-refractivity contribution is 7.80. The van der Waals surface area contributed by atoms with Gasteiger partial charge in [0, 0.05) is 4.90 Å². The third-order valence-corrected chi connectivity index (χ3v) is 1.75. The number of rotatable bonds is 1. The van der Waals surface area contributed by atoms with E-state index in [0.29, 0.717) is 10.5 Å². The summed E-state index contributed by atoms with van der Waals surface area (Å²) in [4.78, 5) is 0.699. The fraction of sp³-hybridized carbons (Fsp3) is 0. The second kappa shape index (κ2) is 3.27. The van der Waals surface area contributed by atoms with Crippen molar-refractivity contribution >= 4 is 18.7 Å². The molecule has 54 valence electrons. The molecule has 1 aromatic rings. The second-order valence-electron chi connectivity index (χ2n) is 2.09. The highest BCUT2D eigenvalue weighted by atomic mass is 32.1. The van der Waals surface area contributed by atoms with Gasteiger partial charge in [0.25, 0.3) is 0 Å². The fourth-order valence-electron chi connectivity index (χ4n) is 0.770. The minimum Gasteiger partial charge on any atom is -0.192 e. The first-order valence-electron chi connectivity index (χ1n) is 3.13. The Morgan fingerprint density at radius 3 is 2.73 bits per heavy atom. The van der Waals surface area contributed by atoms with Crippen LogP contribution in [0, 0.1) is 11.3 Å². The predicted octanol–water partition coefficient (Wildman–Crippen LogP) is 2.49. The molecule has 0 aliphatic rings. The number of nitrogens with zero attached hydrogens (tertiary/aromatic N) is 1. The Morgan fingerprint density at radius 2 is 2.27 bits per heavy atom. The molecule has 0 unspecified atom stereocenters. The molecule has 11 heavy (non-hydrogen) atoms. The molecule has 0 aromatic heterocycles. The van der Waals surface area contributed by atoms with Gasteiger partial charge in [-0.25, -0.2) is 0 Å². The molecule has 0 aliphatic heterocycles. The number of thiol groups is 1. The van der Waals surface area contributed by atoms with Crippen molar-refractivity contribution in [1.82, 2.24) is 0 Å². The molecular formula is C9H7NS. The predicted molar refractivity (Wildman–Crippen MR) is 48.5 cm³/mol. The van der Waals surface area contributed by atoms with Gasteiger partial charge < -0.3 is 0 Å². The van der Waals surface area contributed by atoms with E-state index in [0.717, 1.165) is 5.56 Å². The van der Waals surface area contributed by atoms with E-state index in [9.17, 15) is 0 Å². The third-order valence-electron chi connectivity index (χ3n) is 1.38. The largest absolute Gasteiger partial charge is 0.192 e. The summed E-state index contributed by atoms with van der Waals surface area (Å²) in [6, 6.07) is 7.42. The molecule has 0 N–H and O–H groups in total. The van der Waals surface area contributed by atoms with Gasteiger partial charge in [0.1, 0.15) is 6.07 Å². The van der Waals surface area contributed by atoms with Crippen LogP contribution in [-0.2, 0) is 0 Å². The van der Waals surface area contributed by atoms with Crippen LogP contribution in [0.2, 0.25) is 0 Å². The van der Waals surface area contributed by atoms with E-state index >= 15 is 0 Å². The first-order valence-corrected chi connectivity index (χ1v) is 3.58. The maximum Gasteiger partial charge on any atom is 0.100 e. The van der Waals surface area contributed by atoms with Gasteiger partial charge in [-0.3, -0.25) is 0 Å². The van der Waals surface area contributed by atoms with Crippen LogP contribution < -0.4 is 0 Å². The van der Waals surface area contributed by atoms with Crippen molar-refractivity contribution in [2.45, 2.75) is 4.90 Å². The molecule has 0 amide bonds. The monoisotopic (exact) mass is 161 g/mol. The van der Waals surface area contributed by atoms with Crippen LogP contribution in [0.25, 0.3) is 6.08 Å². The topological polar surface area (TPSA) is 23.8 Å². The Hall–Kier alpha value is -1.20. The third kappa shape index (κ3) is 1.63. The van der Waals surface area contributed by atoms with Gasteiger partial charge in [-0.1, -0.05) is 18.7 Å². The first-order chi connectivity index (χ1) is 5.27. The van der Waals surface area contributed by atoms with Gasteiger partial charge in [0.15, 0.2) is 0 Å². The molecule has 1 rings (SSSR count). The summed E-state index contributed by atoms with van der Waals surface area (Å²) in [5.41, 5.74) is 1.58. The molecule has 0 bridgehead atoms. The molecule has 0 atom stereocenters. The molecule has 0 spiro atoms. The highest BCUT2D eigenvalue weighted by Crippen LogP contribution is 2.15. The van der Waals surface area contributed by atoms with Crippen LogP contribution in [-0.4, -0.2) is 0 Å². The summed E-state index contributed by atoms with van der Waals surface area (Å²) in [6.07, 6.45) is 1.72. The molecule has 0 fully saturated rings. The Kier molecular flexibility index (Phi) is 2.35. The van der Waals surface area contributed by atoms with Crippen LogP contribution in [0.5, 0.6) is 0 Å². The number of hydrogen-bond donors (Lipinski definition) is 1. The zero-order chi connectivity index (χ0) is 8.27. The fourth-order valence-corrected chi connectivity index (χ4v) is 1.04. The van der Waals surface area contributed by atoms with Gasteiger partial charge in [0.2, 0.25) is 0 Å². The standard InChI is InChI=1S/C9H7NS/c1-2-7-3-4-8(6-10)9(11)5-7/h2-5,11H,1H2. The normalized spacial score (nSPS) is 8.73. The summed E-state index contributed by atoms with van der Waals surface area (Å²) in [6.45, 7) is 3.61. The van der Waals surface area contributed by atoms with Gasteiger partial charge >= 0.3 is 0 Å². The van der Waals surface area contributed by atoms with E-state index in [4.69, 9.17) is 5.26 Å². The van der Waals surface area contributed by atoms with E-state index < -0.39 is 0 Å². The van der Waals surface area contributed by atoms with Gasteiger partial charge in [-0.05, 0) is 17.7 Å². The molecule has 1 aromatic carbocycles. The Morgan fingerprint density at radius 1 is 1.55 bits per heavy atom. The van der Waals surface area contributed by atoms with Crippen LogP contribution in [0.15, 0.2) is 29.7 Å². The number of hydrogen-bond acceptors (Lipinski definition) is 2. The summed E-state index contributed by atoms with van der Waals surface area (Å²) < 4.78 is 0. The van der Waals surface area contributed by atoms with E-state index in [1.54, 1.807) is 12.1 Å². The molecule has 0 radical (unpaired) electrons. The minimum absolute atomic E-state index is 0.596. The second-order valence-corrected chi connectivity index (χ2v) is 2.57. The van der Waals surface area contributed by atoms with Crippen molar-refractivity contribution in [2.75, 3.05) is 0 Å². The van der Waals surface area contributed by atoms with Crippen molar-refractivity contribution < 1.29 is 0 Å². The van der Waals surface area contributed by atoms with E-state index in [2.05, 4.69) is 19.2 Å². The first kappa shape index (κ1) is 7.90. The zero-order valence-corrected chi connectivity index (χ0v) is 6.81. The minimum atomic E-state index is 0.596. The Labute approximate surface area is 71.4 Å². The van der Waals surface area contributed by atoms with Crippen LogP contribution >= 0.6 is 12.6 Å². The Bertz CT molecular complexity index is 323. The lowest BCUT2D eigenvalue weighted by Crippen LogP contribution is -1.78. The van der Waals surface area contributed by atoms with E-state index in [1.807, 2.05) is 18.2 Å². The number of nitriles is 1. The lowest BCUT2D eigenvalue weighted by atomic mass is 10.1. The maximum atomic E-state index is 8.56. The highest BCUT2D eigenvalue weighted by Gasteiger charge is 1.96. The van der Waals surface area contributed by atoms with E-state index in [1.165, 1.54) is 0 Å². The molecule has 0 saturated carbocycles. The lowest BCUT2D eigenvalue weighted by Gasteiger charge is -1.96. The molecule has 0 aliphatic carbocycles. The SMILES string of the molecule is C=Cc1ccc(C#N)c(S)c1. The maximum absolute atomic E-state index is 8.56. The summed E-state index contributed by atoms with van der Waals surface area (Å²) in [5, 5.41) is 8.56. The van der Waals surface area contributed by atoms with Crippen LogP contribution in [0.3, 0.4) is 0 Å². The molecular weight excluding hydrogens is 154 g/mol. The summed E-state index contributed by atoms with van der Waals surface area (Å²) >= 11 is 4.13. The van der Waals surface area contributed by atoms with Crippen molar-refractivity contribution in [2.24, 2.45) is 0 Å². The van der Waals surface area contributed by atoms with E-state index in [-0.39, 0.29) is 0 Å². The average Bonchev–Trinajstić information content (AvgIpc) is 2.04. The van der Waals surface area contributed by atoms with Gasteiger partial charge in [-0.15, -0.1) is 12.6 Å². The molecule has 0 saturated heterocycles. The number of benzene rings is 1. The van der Waals surface area contributed by atoms with Gasteiger partial charge in [0.05, 0.1) is 5.56 Å². The smallest absolute Gasteiger partial charge is 0.100 e. The molecule has 2 heteroatoms. The lowest BCUT2D eigenvalue weighted by molar-refractivity contribution is 1.37. The Balaban J connectivity index is 3.22. The van der Waals surface area contributed by atoms with Crippen LogP contribution in [0.4, 0.5) is 0 Å². The van der Waals surface area contributed by atoms with Crippen molar-refractivity contribution in [1.29, 1.82) is 5.26 Å². The zero-order valence-electron chi connectivity index (χ0n) is 5.91. The van der Waals surface area contributed by atoms with Crippen molar-refractivity contribution in [3.05, 3.63) is 35.9 Å². The quantitative estimate of drug-likeness (QED) is 0.628. The molecule has 0 heterocycles. The molecule has 1 nitrogen and oxygen atoms in total. The van der Waals surface area contributed by atoms with Crippen molar-refractivity contribution in [3.63, 3.8) is 0 Å². The summed E-state index contributed by atoms with van der Waals surface area (Å²) in [7, 11) is 0. The van der Waals surface area contributed by atoms with Gasteiger partial charge in [-0.2, -0.15) is 5.26 Å². The summed E-state index contributed by atoms with van der Waals surface area (Å²) in [5.74, 6) is 0.